The number of ether oxygens (including phenoxy) is 1. The molecule has 0 saturated heterocycles. The third-order valence-electron chi connectivity index (χ3n) is 5.10. The van der Waals surface area contributed by atoms with Crippen molar-refractivity contribution in [1.29, 1.82) is 0 Å². The predicted molar refractivity (Wildman–Crippen MR) is 120 cm³/mol. The van der Waals surface area contributed by atoms with Crippen LogP contribution in [0.3, 0.4) is 0 Å². The van der Waals surface area contributed by atoms with Crippen LogP contribution >= 0.6 is 11.6 Å². The molecule has 1 aliphatic rings. The van der Waals surface area contributed by atoms with E-state index >= 15 is 0 Å². The minimum Gasteiger partial charge on any atom is -0.463 e. The summed E-state index contributed by atoms with van der Waals surface area (Å²) in [4.78, 5) is 41.4. The largest absolute Gasteiger partial charge is 0.463 e. The maximum absolute atomic E-state index is 12.8. The van der Waals surface area contributed by atoms with Gasteiger partial charge in [0.2, 0.25) is 11.8 Å². The molecule has 0 aliphatic carbocycles. The molecule has 0 spiro atoms. The SMILES string of the molecule is O=C(C[C@@H]1C/C=C\CCC(=O)N[C@H](c2ccccc2)COC1=O)NCc1ccc(Cl)nc1. The first kappa shape index (κ1) is 23.5. The molecule has 8 heteroatoms. The summed E-state index contributed by atoms with van der Waals surface area (Å²) < 4.78 is 5.53. The van der Waals surface area contributed by atoms with E-state index in [9.17, 15) is 14.4 Å². The smallest absolute Gasteiger partial charge is 0.309 e. The number of nitrogens with zero attached hydrogens (tertiary/aromatic N) is 1. The van der Waals surface area contributed by atoms with Gasteiger partial charge < -0.3 is 15.4 Å². The molecule has 2 N–H and O–H groups in total. The molecule has 168 valence electrons. The Morgan fingerprint density at radius 1 is 1.16 bits per heavy atom. The van der Waals surface area contributed by atoms with Crippen molar-refractivity contribution in [2.24, 2.45) is 5.92 Å². The quantitative estimate of drug-likeness (QED) is 0.408. The minimum absolute atomic E-state index is 0.00650. The second kappa shape index (κ2) is 12.0. The summed E-state index contributed by atoms with van der Waals surface area (Å²) in [6, 6.07) is 12.4. The summed E-state index contributed by atoms with van der Waals surface area (Å²) in [5, 5.41) is 6.11. The van der Waals surface area contributed by atoms with Gasteiger partial charge in [-0.25, -0.2) is 4.98 Å². The van der Waals surface area contributed by atoms with Crippen molar-refractivity contribution in [2.75, 3.05) is 6.61 Å². The van der Waals surface area contributed by atoms with Gasteiger partial charge in [-0.15, -0.1) is 0 Å². The normalized spacial score (nSPS) is 20.8. The highest BCUT2D eigenvalue weighted by Gasteiger charge is 2.25. The zero-order valence-corrected chi connectivity index (χ0v) is 18.4. The van der Waals surface area contributed by atoms with Crippen LogP contribution in [0.15, 0.2) is 60.8 Å². The Kier molecular flexibility index (Phi) is 8.80. The van der Waals surface area contributed by atoms with E-state index in [2.05, 4.69) is 15.6 Å². The molecule has 3 rings (SSSR count). The van der Waals surface area contributed by atoms with Crippen LogP contribution in [-0.2, 0) is 25.7 Å². The third-order valence-corrected chi connectivity index (χ3v) is 5.32. The summed E-state index contributed by atoms with van der Waals surface area (Å²) in [7, 11) is 0. The fraction of sp³-hybridized carbons (Fsp3) is 0.333. The highest BCUT2D eigenvalue weighted by Crippen LogP contribution is 2.18. The van der Waals surface area contributed by atoms with Gasteiger partial charge in [0.1, 0.15) is 11.8 Å². The lowest BCUT2D eigenvalue weighted by molar-refractivity contribution is -0.151. The van der Waals surface area contributed by atoms with Crippen molar-refractivity contribution in [3.05, 3.63) is 77.1 Å². The maximum atomic E-state index is 12.8. The Balaban J connectivity index is 1.62. The van der Waals surface area contributed by atoms with Crippen LogP contribution in [0.5, 0.6) is 0 Å². The molecule has 1 aliphatic heterocycles. The van der Waals surface area contributed by atoms with Gasteiger partial charge in [-0.05, 0) is 30.0 Å². The Labute approximate surface area is 192 Å². The number of aromatic nitrogens is 1. The van der Waals surface area contributed by atoms with E-state index in [-0.39, 0.29) is 24.8 Å². The molecular weight excluding hydrogens is 430 g/mol. The number of benzene rings is 1. The molecule has 32 heavy (non-hydrogen) atoms. The van der Waals surface area contributed by atoms with Crippen molar-refractivity contribution in [2.45, 2.75) is 38.3 Å². The summed E-state index contributed by atoms with van der Waals surface area (Å²) in [6.45, 7) is 0.301. The Hall–Kier alpha value is -3.19. The van der Waals surface area contributed by atoms with E-state index < -0.39 is 17.9 Å². The van der Waals surface area contributed by atoms with E-state index in [1.54, 1.807) is 18.3 Å². The number of nitrogens with one attached hydrogen (secondary N) is 2. The number of halogens is 1. The number of rotatable bonds is 5. The van der Waals surface area contributed by atoms with Gasteiger partial charge in [0.05, 0.1) is 12.0 Å². The van der Waals surface area contributed by atoms with Crippen LogP contribution in [-0.4, -0.2) is 29.4 Å². The molecule has 0 saturated carbocycles. The van der Waals surface area contributed by atoms with Gasteiger partial charge in [-0.3, -0.25) is 14.4 Å². The number of amides is 2. The lowest BCUT2D eigenvalue weighted by Crippen LogP contribution is -2.34. The van der Waals surface area contributed by atoms with E-state index in [1.165, 1.54) is 0 Å². The molecule has 0 unspecified atom stereocenters. The Morgan fingerprint density at radius 3 is 2.72 bits per heavy atom. The van der Waals surface area contributed by atoms with Gasteiger partial charge in [0, 0.05) is 25.6 Å². The van der Waals surface area contributed by atoms with Gasteiger partial charge in [-0.2, -0.15) is 0 Å². The highest BCUT2D eigenvalue weighted by molar-refractivity contribution is 6.29. The Morgan fingerprint density at radius 2 is 1.97 bits per heavy atom. The average Bonchev–Trinajstić information content (AvgIpc) is 2.80. The molecule has 0 radical (unpaired) electrons. The second-order valence-electron chi connectivity index (χ2n) is 7.57. The number of allylic oxidation sites excluding steroid dienone is 2. The van der Waals surface area contributed by atoms with E-state index in [0.29, 0.717) is 31.0 Å². The average molecular weight is 456 g/mol. The molecule has 2 aromatic rings. The van der Waals surface area contributed by atoms with E-state index in [0.717, 1.165) is 11.1 Å². The molecule has 1 aromatic heterocycles. The van der Waals surface area contributed by atoms with Crippen LogP contribution < -0.4 is 10.6 Å². The monoisotopic (exact) mass is 455 g/mol. The number of cyclic esters (lactones) is 1. The second-order valence-corrected chi connectivity index (χ2v) is 7.96. The van der Waals surface area contributed by atoms with E-state index in [1.807, 2.05) is 42.5 Å². The van der Waals surface area contributed by atoms with Crippen molar-refractivity contribution in [3.63, 3.8) is 0 Å². The molecule has 2 heterocycles. The number of carbonyl (C=O) groups excluding carboxylic acids is 3. The number of hydrogen-bond donors (Lipinski definition) is 2. The Bertz CT molecular complexity index is 947. The van der Waals surface area contributed by atoms with Crippen molar-refractivity contribution >= 4 is 29.4 Å². The standard InChI is InChI=1S/C24H26ClN3O4/c25-21-12-11-17(14-26-21)15-27-23(30)13-19-9-5-2-6-10-22(29)28-20(16-32-24(19)31)18-7-3-1-4-8-18/h1-5,7-8,11-12,14,19-20H,6,9-10,13,15-16H2,(H,27,30)(H,28,29)/b5-2-/t19-,20-/m0/s1. The molecule has 0 fully saturated rings. The summed E-state index contributed by atoms with van der Waals surface area (Å²) in [5.41, 5.74) is 1.66. The highest BCUT2D eigenvalue weighted by atomic mass is 35.5. The van der Waals surface area contributed by atoms with Gasteiger partial charge >= 0.3 is 5.97 Å². The molecule has 2 amide bonds. The van der Waals surface area contributed by atoms with Crippen molar-refractivity contribution in [3.8, 4) is 0 Å². The molecule has 7 nitrogen and oxygen atoms in total. The van der Waals surface area contributed by atoms with Crippen molar-refractivity contribution < 1.29 is 19.1 Å². The van der Waals surface area contributed by atoms with Crippen LogP contribution in [0.4, 0.5) is 0 Å². The van der Waals surface area contributed by atoms with Crippen LogP contribution in [0, 0.1) is 5.92 Å². The van der Waals surface area contributed by atoms with Gasteiger partial charge in [0.15, 0.2) is 0 Å². The zero-order chi connectivity index (χ0) is 22.8. The minimum atomic E-state index is -0.610. The number of esters is 1. The van der Waals surface area contributed by atoms with Crippen LogP contribution in [0.25, 0.3) is 0 Å². The van der Waals surface area contributed by atoms with Gasteiger partial charge in [-0.1, -0.05) is 60.2 Å². The first-order valence-electron chi connectivity index (χ1n) is 10.5. The first-order chi connectivity index (χ1) is 15.5. The topological polar surface area (TPSA) is 97.4 Å². The number of pyridine rings is 1. The first-order valence-corrected chi connectivity index (χ1v) is 10.9. The van der Waals surface area contributed by atoms with E-state index in [4.69, 9.17) is 16.3 Å². The zero-order valence-electron chi connectivity index (χ0n) is 17.6. The fourth-order valence-electron chi connectivity index (χ4n) is 3.32. The number of hydrogen-bond acceptors (Lipinski definition) is 5. The lowest BCUT2D eigenvalue weighted by Gasteiger charge is -2.21. The van der Waals surface area contributed by atoms with Crippen LogP contribution in [0.2, 0.25) is 5.15 Å². The third kappa shape index (κ3) is 7.50. The summed E-state index contributed by atoms with van der Waals surface area (Å²) in [6.07, 6.45) is 6.55. The predicted octanol–water partition coefficient (Wildman–Crippen LogP) is 3.50. The van der Waals surface area contributed by atoms with Gasteiger partial charge in [0.25, 0.3) is 0 Å². The molecular formula is C24H26ClN3O4. The summed E-state index contributed by atoms with van der Waals surface area (Å²) >= 11 is 5.77. The lowest BCUT2D eigenvalue weighted by atomic mass is 9.99. The van der Waals surface area contributed by atoms with Crippen molar-refractivity contribution in [1.82, 2.24) is 15.6 Å². The maximum Gasteiger partial charge on any atom is 0.309 e. The van der Waals surface area contributed by atoms with Crippen LogP contribution in [0.1, 0.15) is 42.9 Å². The number of carbonyl (C=O) groups is 3. The summed E-state index contributed by atoms with van der Waals surface area (Å²) in [5.74, 6) is -1.43. The molecule has 2 atom stereocenters. The molecule has 0 bridgehead atoms. The molecule has 1 aromatic carbocycles. The fourth-order valence-corrected chi connectivity index (χ4v) is 3.43.